The average Bonchev–Trinajstić information content (AvgIpc) is 2.75. The number of fused-ring (bicyclic) bond motifs is 2. The van der Waals surface area contributed by atoms with Gasteiger partial charge in [0, 0.05) is 13.5 Å². The van der Waals surface area contributed by atoms with Gasteiger partial charge in [-0.3, -0.25) is 4.79 Å². The van der Waals surface area contributed by atoms with E-state index >= 15 is 0 Å². The molecule has 1 N–H and O–H groups in total. The van der Waals surface area contributed by atoms with Gasteiger partial charge in [0.15, 0.2) is 0 Å². The molecule has 3 rings (SSSR count). The largest absolute Gasteiger partial charge is 0.467 e. The van der Waals surface area contributed by atoms with Crippen LogP contribution in [0.5, 0.6) is 0 Å². The summed E-state index contributed by atoms with van der Waals surface area (Å²) in [5.74, 6) is -0.867. The minimum atomic E-state index is -0.812. The average molecular weight is 395 g/mol. The number of carbonyl (C=O) groups is 2. The molecule has 6 nitrogen and oxygen atoms in total. The summed E-state index contributed by atoms with van der Waals surface area (Å²) in [5, 5.41) is 7.00. The Morgan fingerprint density at radius 1 is 0.931 bits per heavy atom. The van der Waals surface area contributed by atoms with Gasteiger partial charge >= 0.3 is 5.97 Å². The highest BCUT2D eigenvalue weighted by molar-refractivity contribution is 6.02. The number of hydrogen-bond acceptors (Lipinski definition) is 5. The summed E-state index contributed by atoms with van der Waals surface area (Å²) in [4.78, 5) is 24.7. The SMILES string of the molecule is COCCOCC(=O)N[C@@H](Cc1c2ccccc2cc2ccccc12)C(=O)OC. The van der Waals surface area contributed by atoms with E-state index in [0.717, 1.165) is 27.1 Å². The summed E-state index contributed by atoms with van der Waals surface area (Å²) >= 11 is 0. The highest BCUT2D eigenvalue weighted by Crippen LogP contribution is 2.29. The molecule has 0 heterocycles. The van der Waals surface area contributed by atoms with Crippen molar-refractivity contribution >= 4 is 33.4 Å². The van der Waals surface area contributed by atoms with Crippen LogP contribution in [0.1, 0.15) is 5.56 Å². The molecule has 0 radical (unpaired) electrons. The number of esters is 1. The number of hydrogen-bond donors (Lipinski definition) is 1. The first-order chi connectivity index (χ1) is 14.1. The Balaban J connectivity index is 1.89. The van der Waals surface area contributed by atoms with Crippen LogP contribution < -0.4 is 5.32 Å². The second kappa shape index (κ2) is 10.0. The smallest absolute Gasteiger partial charge is 0.328 e. The minimum Gasteiger partial charge on any atom is -0.467 e. The van der Waals surface area contributed by atoms with Gasteiger partial charge in [0.25, 0.3) is 0 Å². The molecule has 0 aliphatic carbocycles. The van der Waals surface area contributed by atoms with Gasteiger partial charge in [0.2, 0.25) is 5.91 Å². The standard InChI is InChI=1S/C23H25NO5/c1-27-11-12-29-15-22(25)24-21(23(26)28-2)14-20-18-9-5-3-7-16(18)13-17-8-4-6-10-19(17)20/h3-10,13,21H,11-12,14-15H2,1-2H3,(H,24,25)/t21-/m0/s1. The molecule has 0 aliphatic rings. The summed E-state index contributed by atoms with van der Waals surface area (Å²) in [6, 6.07) is 17.4. The van der Waals surface area contributed by atoms with Crippen LogP contribution >= 0.6 is 0 Å². The Hall–Kier alpha value is -2.96. The maximum atomic E-state index is 12.4. The second-order valence-electron chi connectivity index (χ2n) is 6.69. The lowest BCUT2D eigenvalue weighted by Crippen LogP contribution is -2.44. The Bertz CT molecular complexity index is 947. The zero-order valence-corrected chi connectivity index (χ0v) is 16.6. The number of ether oxygens (including phenoxy) is 3. The number of nitrogens with one attached hydrogen (secondary N) is 1. The molecule has 1 atom stereocenters. The van der Waals surface area contributed by atoms with Crippen molar-refractivity contribution in [3.05, 3.63) is 60.2 Å². The molecule has 0 saturated carbocycles. The normalized spacial score (nSPS) is 12.1. The highest BCUT2D eigenvalue weighted by atomic mass is 16.5. The van der Waals surface area contributed by atoms with E-state index in [1.807, 2.05) is 48.5 Å². The Labute approximate surface area is 169 Å². The van der Waals surface area contributed by atoms with Gasteiger partial charge in [-0.05, 0) is 33.2 Å². The van der Waals surface area contributed by atoms with E-state index in [2.05, 4.69) is 11.4 Å². The van der Waals surface area contributed by atoms with Crippen LogP contribution in [-0.2, 0) is 30.2 Å². The van der Waals surface area contributed by atoms with E-state index in [-0.39, 0.29) is 12.5 Å². The first-order valence-corrected chi connectivity index (χ1v) is 9.47. The fourth-order valence-electron chi connectivity index (χ4n) is 3.41. The minimum absolute atomic E-state index is 0.146. The summed E-state index contributed by atoms with van der Waals surface area (Å²) in [5.41, 5.74) is 0.995. The predicted molar refractivity (Wildman–Crippen MR) is 112 cm³/mol. The zero-order valence-electron chi connectivity index (χ0n) is 16.6. The van der Waals surface area contributed by atoms with Crippen LogP contribution in [0.15, 0.2) is 54.6 Å². The summed E-state index contributed by atoms with van der Waals surface area (Å²) in [6.45, 7) is 0.559. The molecular weight excluding hydrogens is 370 g/mol. The van der Waals surface area contributed by atoms with Crippen molar-refractivity contribution in [2.24, 2.45) is 0 Å². The second-order valence-corrected chi connectivity index (χ2v) is 6.69. The predicted octanol–water partition coefficient (Wildman–Crippen LogP) is 2.86. The zero-order chi connectivity index (χ0) is 20.6. The van der Waals surface area contributed by atoms with Crippen LogP contribution in [0.4, 0.5) is 0 Å². The Morgan fingerprint density at radius 3 is 2.14 bits per heavy atom. The van der Waals surface area contributed by atoms with E-state index < -0.39 is 12.0 Å². The van der Waals surface area contributed by atoms with Crippen LogP contribution in [-0.4, -0.2) is 52.0 Å². The molecule has 152 valence electrons. The Morgan fingerprint density at radius 2 is 1.55 bits per heavy atom. The van der Waals surface area contributed by atoms with Crippen molar-refractivity contribution in [1.82, 2.24) is 5.32 Å². The van der Waals surface area contributed by atoms with E-state index in [1.165, 1.54) is 7.11 Å². The fraction of sp³-hybridized carbons (Fsp3) is 0.304. The van der Waals surface area contributed by atoms with E-state index in [1.54, 1.807) is 7.11 Å². The van der Waals surface area contributed by atoms with E-state index in [4.69, 9.17) is 14.2 Å². The van der Waals surface area contributed by atoms with Gasteiger partial charge in [-0.25, -0.2) is 4.79 Å². The first-order valence-electron chi connectivity index (χ1n) is 9.47. The monoisotopic (exact) mass is 395 g/mol. The van der Waals surface area contributed by atoms with Crippen molar-refractivity contribution in [3.63, 3.8) is 0 Å². The lowest BCUT2D eigenvalue weighted by atomic mass is 9.92. The van der Waals surface area contributed by atoms with Crippen molar-refractivity contribution in [1.29, 1.82) is 0 Å². The molecule has 6 heteroatoms. The molecule has 0 aliphatic heterocycles. The van der Waals surface area contributed by atoms with Crippen LogP contribution in [0.25, 0.3) is 21.5 Å². The van der Waals surface area contributed by atoms with E-state index in [0.29, 0.717) is 19.6 Å². The van der Waals surface area contributed by atoms with Gasteiger partial charge in [-0.15, -0.1) is 0 Å². The molecule has 0 fully saturated rings. The summed E-state index contributed by atoms with van der Waals surface area (Å²) in [7, 11) is 2.88. The third-order valence-electron chi connectivity index (χ3n) is 4.78. The lowest BCUT2D eigenvalue weighted by molar-refractivity contribution is -0.145. The molecule has 3 aromatic rings. The van der Waals surface area contributed by atoms with E-state index in [9.17, 15) is 9.59 Å². The summed E-state index contributed by atoms with van der Waals surface area (Å²) < 4.78 is 15.1. The number of methoxy groups -OCH3 is 2. The molecular formula is C23H25NO5. The Kier molecular flexibility index (Phi) is 7.16. The van der Waals surface area contributed by atoms with Crippen LogP contribution in [0.2, 0.25) is 0 Å². The number of benzene rings is 3. The number of rotatable bonds is 9. The van der Waals surface area contributed by atoms with Crippen molar-refractivity contribution in [2.75, 3.05) is 34.0 Å². The third kappa shape index (κ3) is 5.10. The first kappa shape index (κ1) is 20.8. The molecule has 0 bridgehead atoms. The molecule has 0 unspecified atom stereocenters. The maximum absolute atomic E-state index is 12.4. The number of carbonyl (C=O) groups excluding carboxylic acids is 2. The molecule has 0 spiro atoms. The van der Waals surface area contributed by atoms with Gasteiger partial charge in [-0.2, -0.15) is 0 Å². The molecule has 1 amide bonds. The molecule has 29 heavy (non-hydrogen) atoms. The van der Waals surface area contributed by atoms with Crippen molar-refractivity contribution in [2.45, 2.75) is 12.5 Å². The molecule has 3 aromatic carbocycles. The van der Waals surface area contributed by atoms with Crippen molar-refractivity contribution in [3.8, 4) is 0 Å². The van der Waals surface area contributed by atoms with Gasteiger partial charge in [0.1, 0.15) is 12.6 Å². The molecule has 0 aromatic heterocycles. The van der Waals surface area contributed by atoms with Crippen molar-refractivity contribution < 1.29 is 23.8 Å². The lowest BCUT2D eigenvalue weighted by Gasteiger charge is -2.19. The fourth-order valence-corrected chi connectivity index (χ4v) is 3.41. The summed E-state index contributed by atoms with van der Waals surface area (Å²) in [6.07, 6.45) is 0.318. The quantitative estimate of drug-likeness (QED) is 0.343. The number of amides is 1. The topological polar surface area (TPSA) is 73.9 Å². The van der Waals surface area contributed by atoms with Crippen LogP contribution in [0, 0.1) is 0 Å². The van der Waals surface area contributed by atoms with Gasteiger partial charge in [0.05, 0.1) is 20.3 Å². The van der Waals surface area contributed by atoms with Gasteiger partial charge < -0.3 is 19.5 Å². The maximum Gasteiger partial charge on any atom is 0.328 e. The third-order valence-corrected chi connectivity index (χ3v) is 4.78. The highest BCUT2D eigenvalue weighted by Gasteiger charge is 2.24. The molecule has 0 saturated heterocycles. The van der Waals surface area contributed by atoms with Crippen LogP contribution in [0.3, 0.4) is 0 Å². The van der Waals surface area contributed by atoms with Gasteiger partial charge in [-0.1, -0.05) is 48.5 Å².